The number of fused-ring (bicyclic) bond motifs is 1. The van der Waals surface area contributed by atoms with Crippen molar-refractivity contribution in [1.82, 2.24) is 40.1 Å². The maximum absolute atomic E-state index is 14.8. The number of hydrogen-bond donors (Lipinski definition) is 9. The van der Waals surface area contributed by atoms with Crippen molar-refractivity contribution in [2.45, 2.75) is 88.8 Å². The average molecular weight is 927 g/mol. The van der Waals surface area contributed by atoms with Crippen LogP contribution in [0.1, 0.15) is 60.3 Å². The van der Waals surface area contributed by atoms with E-state index >= 15 is 0 Å². The molecule has 0 saturated carbocycles. The quantitative estimate of drug-likeness (QED) is 0.0479. The van der Waals surface area contributed by atoms with Crippen molar-refractivity contribution in [1.29, 1.82) is 0 Å². The van der Waals surface area contributed by atoms with Crippen molar-refractivity contribution >= 4 is 40.4 Å². The highest BCUT2D eigenvalue weighted by atomic mass is 19.4. The lowest BCUT2D eigenvalue weighted by Crippen LogP contribution is -2.56. The zero-order valence-corrected chi connectivity index (χ0v) is 36.7. The SMILES string of the molecule is Cc1c(-c2cccc(C(F)(F)F)c2)n(NC(=O)[C@H](C)NC(=O)[C@@H](Cc2c[nH]c3ccccc23)NC(=O)[C@@H](N)Cc2cnc[nH]2)c(=O)n1C(Cc1ccccc1)C(=O)N[C@@H](CCCCN)C(N)=O. The summed E-state index contributed by atoms with van der Waals surface area (Å²) in [7, 11) is 0. The number of nitrogens with zero attached hydrogens (tertiary/aromatic N) is 3. The number of para-hydroxylation sites is 1. The highest BCUT2D eigenvalue weighted by molar-refractivity contribution is 5.96. The summed E-state index contributed by atoms with van der Waals surface area (Å²) in [5, 5.41) is 8.70. The zero-order chi connectivity index (χ0) is 48.4. The number of nitrogens with two attached hydrogens (primary N) is 3. The number of aromatic amines is 2. The second-order valence-electron chi connectivity index (χ2n) is 16.2. The molecule has 0 bridgehead atoms. The highest BCUT2D eigenvalue weighted by Crippen LogP contribution is 2.33. The Hall–Kier alpha value is -7.52. The number of primary amides is 1. The van der Waals surface area contributed by atoms with E-state index in [-0.39, 0.29) is 42.6 Å². The Morgan fingerprint density at radius 2 is 1.54 bits per heavy atom. The molecule has 0 saturated heterocycles. The number of aromatic nitrogens is 5. The molecule has 1 unspecified atom stereocenters. The highest BCUT2D eigenvalue weighted by Gasteiger charge is 2.35. The van der Waals surface area contributed by atoms with Crippen LogP contribution >= 0.6 is 0 Å². The summed E-state index contributed by atoms with van der Waals surface area (Å²) >= 11 is 0. The van der Waals surface area contributed by atoms with Gasteiger partial charge in [0.05, 0.1) is 23.6 Å². The number of rotatable bonds is 21. The van der Waals surface area contributed by atoms with Crippen molar-refractivity contribution in [2.24, 2.45) is 17.2 Å². The normalized spacial score (nSPS) is 13.8. The maximum atomic E-state index is 14.8. The van der Waals surface area contributed by atoms with Gasteiger partial charge >= 0.3 is 11.9 Å². The van der Waals surface area contributed by atoms with E-state index in [1.54, 1.807) is 36.5 Å². The minimum atomic E-state index is -4.80. The first-order chi connectivity index (χ1) is 32.0. The zero-order valence-electron chi connectivity index (χ0n) is 36.7. The van der Waals surface area contributed by atoms with E-state index in [9.17, 15) is 41.9 Å². The van der Waals surface area contributed by atoms with Crippen molar-refractivity contribution < 1.29 is 37.1 Å². The lowest BCUT2D eigenvalue weighted by atomic mass is 10.0. The minimum Gasteiger partial charge on any atom is -0.368 e. The molecule has 6 aromatic rings. The van der Waals surface area contributed by atoms with Crippen LogP contribution in [0.4, 0.5) is 13.2 Å². The molecule has 0 radical (unpaired) electrons. The van der Waals surface area contributed by atoms with Gasteiger partial charge in [-0.3, -0.25) is 34.0 Å². The predicted molar refractivity (Wildman–Crippen MR) is 243 cm³/mol. The molecule has 67 heavy (non-hydrogen) atoms. The first-order valence-corrected chi connectivity index (χ1v) is 21.5. The lowest BCUT2D eigenvalue weighted by Gasteiger charge is -2.23. The first kappa shape index (κ1) is 48.9. The Bertz CT molecular complexity index is 2750. The number of benzene rings is 3. The Morgan fingerprint density at radius 1 is 0.821 bits per heavy atom. The van der Waals surface area contributed by atoms with Crippen LogP contribution in [0.5, 0.6) is 0 Å². The van der Waals surface area contributed by atoms with Crippen LogP contribution < -0.4 is 44.3 Å². The van der Waals surface area contributed by atoms with Crippen LogP contribution in [0.25, 0.3) is 22.2 Å². The second-order valence-corrected chi connectivity index (χ2v) is 16.2. The molecule has 5 amide bonds. The molecule has 354 valence electrons. The van der Waals surface area contributed by atoms with Crippen LogP contribution in [-0.2, 0) is 49.4 Å². The molecule has 5 atom stereocenters. The molecule has 6 rings (SSSR count). The first-order valence-electron chi connectivity index (χ1n) is 21.5. The molecule has 12 N–H and O–H groups in total. The van der Waals surface area contributed by atoms with Crippen molar-refractivity contribution in [2.75, 3.05) is 12.0 Å². The Morgan fingerprint density at radius 3 is 2.22 bits per heavy atom. The van der Waals surface area contributed by atoms with E-state index in [1.807, 2.05) is 24.3 Å². The van der Waals surface area contributed by atoms with Crippen LogP contribution in [0.2, 0.25) is 0 Å². The summed E-state index contributed by atoms with van der Waals surface area (Å²) in [5.74, 6) is -4.11. The van der Waals surface area contributed by atoms with Crippen molar-refractivity contribution in [3.8, 4) is 11.3 Å². The Balaban J connectivity index is 1.35. The molecule has 21 heteroatoms. The number of unbranched alkanes of at least 4 members (excludes halogenated alkanes) is 1. The number of carbonyl (C=O) groups is 5. The largest absolute Gasteiger partial charge is 0.416 e. The van der Waals surface area contributed by atoms with E-state index in [4.69, 9.17) is 17.2 Å². The fourth-order valence-corrected chi connectivity index (χ4v) is 7.78. The van der Waals surface area contributed by atoms with E-state index in [0.717, 1.165) is 33.7 Å². The van der Waals surface area contributed by atoms with E-state index in [1.165, 1.54) is 32.4 Å². The van der Waals surface area contributed by atoms with E-state index in [0.29, 0.717) is 40.9 Å². The molecule has 3 aromatic carbocycles. The maximum Gasteiger partial charge on any atom is 0.416 e. The van der Waals surface area contributed by atoms with Gasteiger partial charge in [-0.15, -0.1) is 0 Å². The molecule has 0 aliphatic rings. The smallest absolute Gasteiger partial charge is 0.368 e. The molecule has 0 fully saturated rings. The summed E-state index contributed by atoms with van der Waals surface area (Å²) in [6, 6.07) is 13.5. The molecular formula is C46H53F3N12O6. The van der Waals surface area contributed by atoms with Crippen molar-refractivity contribution in [3.63, 3.8) is 0 Å². The third kappa shape index (κ3) is 12.0. The molecule has 0 aliphatic carbocycles. The summed E-state index contributed by atoms with van der Waals surface area (Å²) < 4.78 is 44.1. The van der Waals surface area contributed by atoms with Crippen LogP contribution in [0.15, 0.2) is 102 Å². The average Bonchev–Trinajstić information content (AvgIpc) is 4.03. The summed E-state index contributed by atoms with van der Waals surface area (Å²) in [6.07, 6.45) is 0.844. The molecule has 0 spiro atoms. The number of carbonyl (C=O) groups excluding carboxylic acids is 5. The predicted octanol–water partition coefficient (Wildman–Crippen LogP) is 2.60. The third-order valence-corrected chi connectivity index (χ3v) is 11.3. The molecule has 0 aliphatic heterocycles. The van der Waals surface area contributed by atoms with Gasteiger partial charge in [-0.25, -0.2) is 9.78 Å². The van der Waals surface area contributed by atoms with E-state index in [2.05, 4.69) is 36.3 Å². The third-order valence-electron chi connectivity index (χ3n) is 11.3. The van der Waals surface area contributed by atoms with Gasteiger partial charge in [0.2, 0.25) is 23.6 Å². The fourth-order valence-electron chi connectivity index (χ4n) is 7.78. The number of halogens is 3. The summed E-state index contributed by atoms with van der Waals surface area (Å²) in [4.78, 5) is 93.2. The standard InChI is InChI=1S/C46H53F3N12O6/c1-26(56-43(65)37(21-30-23-54-35-16-7-6-15-33(30)35)58-42(64)34(51)22-32-24-53-25-55-32)41(63)59-61-39(29-13-10-14-31(20-29)46(47,48)49)27(2)60(45(61)67)38(19-28-11-4-3-5-12-28)44(66)57-36(40(52)62)17-8-9-18-50/h3-7,10-16,20,23-26,34,36-38,54H,8-9,17-19,21-22,50-51H2,1-2H3,(H2,52,62)(H,53,55)(H,56,65)(H,57,66)(H,58,64)(H,59,63)/t26-,34-,36-,37+,38?/m0/s1. The monoisotopic (exact) mass is 926 g/mol. The lowest BCUT2D eigenvalue weighted by molar-refractivity contribution is -0.137. The fraction of sp³-hybridized carbons (Fsp3) is 0.326. The Kier molecular flexibility index (Phi) is 15.8. The minimum absolute atomic E-state index is 0.0240. The number of hydrogen-bond acceptors (Lipinski definition) is 9. The van der Waals surface area contributed by atoms with Crippen LogP contribution in [-0.4, -0.2) is 84.4 Å². The summed E-state index contributed by atoms with van der Waals surface area (Å²) in [6.45, 7) is 3.04. The second kappa shape index (κ2) is 21.6. The number of H-pyrrole nitrogens is 2. The topological polar surface area (TPSA) is 283 Å². The summed E-state index contributed by atoms with van der Waals surface area (Å²) in [5.41, 5.74) is 20.1. The van der Waals surface area contributed by atoms with Gasteiger partial charge in [0.1, 0.15) is 24.2 Å². The molecule has 3 heterocycles. The van der Waals surface area contributed by atoms with Gasteiger partial charge in [-0.2, -0.15) is 17.8 Å². The molecule has 3 aromatic heterocycles. The van der Waals surface area contributed by atoms with Crippen LogP contribution in [0.3, 0.4) is 0 Å². The van der Waals surface area contributed by atoms with Gasteiger partial charge < -0.3 is 43.1 Å². The van der Waals surface area contributed by atoms with Crippen LogP contribution in [0, 0.1) is 6.92 Å². The van der Waals surface area contributed by atoms with Gasteiger partial charge in [0.25, 0.3) is 5.91 Å². The number of imidazole rings is 2. The Labute approximate surface area is 382 Å². The molecule has 18 nitrogen and oxygen atoms in total. The number of alkyl halides is 3. The van der Waals surface area contributed by atoms with E-state index < -0.39 is 77.2 Å². The molecular weight excluding hydrogens is 874 g/mol. The van der Waals surface area contributed by atoms with Gasteiger partial charge in [0, 0.05) is 59.5 Å². The number of amides is 5. The number of nitrogens with one attached hydrogen (secondary N) is 6. The van der Waals surface area contributed by atoms with Gasteiger partial charge in [-0.05, 0) is 69.0 Å². The van der Waals surface area contributed by atoms with Gasteiger partial charge in [0.15, 0.2) is 0 Å². The van der Waals surface area contributed by atoms with Gasteiger partial charge in [-0.1, -0.05) is 60.7 Å². The van der Waals surface area contributed by atoms with Crippen molar-refractivity contribution in [3.05, 3.63) is 136 Å².